The van der Waals surface area contributed by atoms with Crippen LogP contribution < -0.4 is 0 Å². The molecule has 224 valence electrons. The summed E-state index contributed by atoms with van der Waals surface area (Å²) in [4.78, 5) is 12.6. The third kappa shape index (κ3) is 7.54. The lowest BCUT2D eigenvalue weighted by Crippen LogP contribution is -2.50. The van der Waals surface area contributed by atoms with Crippen molar-refractivity contribution in [1.29, 1.82) is 0 Å². The molecule has 0 heterocycles. The van der Waals surface area contributed by atoms with Crippen molar-refractivity contribution in [2.24, 2.45) is 34.5 Å². The monoisotopic (exact) mass is 540 g/mol. The number of carbonyl (C=O) groups excluding carboxylic acids is 1. The number of unbranched alkanes of at least 4 members (excludes halogenated alkanes) is 11. The van der Waals surface area contributed by atoms with E-state index in [0.29, 0.717) is 17.3 Å². The fourth-order valence-electron chi connectivity index (χ4n) is 9.95. The summed E-state index contributed by atoms with van der Waals surface area (Å²) in [6.45, 7) is 9.88. The second-order valence-corrected chi connectivity index (χ2v) is 14.9. The Morgan fingerprint density at radius 2 is 1.46 bits per heavy atom. The Kier molecular flexibility index (Phi) is 11.9. The van der Waals surface area contributed by atoms with Crippen molar-refractivity contribution in [3.8, 4) is 0 Å². The maximum atomic E-state index is 12.6. The molecule has 39 heavy (non-hydrogen) atoms. The van der Waals surface area contributed by atoms with Gasteiger partial charge in [-0.3, -0.25) is 4.79 Å². The number of hydrogen-bond acceptors (Lipinski definition) is 2. The molecule has 0 spiro atoms. The number of allylic oxidation sites excluding steroid dienone is 1. The standard InChI is InChI=1S/C37H64O2/c1-5-7-9-11-13-15-17-19-35(38)39-31-24-26-37(4)30(28-31)20-22-32-33-23-21-29(18-16-14-12-10-8-6-2)36(33,3)27-25-34(32)37/h20,29,31-34H,5-19,21-28H2,1-4H3/t29-,31-,32-,33+,34+,36+,37-/m0/s1. The van der Waals surface area contributed by atoms with E-state index in [1.165, 1.54) is 122 Å². The average molecular weight is 541 g/mol. The van der Waals surface area contributed by atoms with Gasteiger partial charge in [0.15, 0.2) is 0 Å². The molecule has 4 aliphatic carbocycles. The van der Waals surface area contributed by atoms with Gasteiger partial charge in [0.05, 0.1) is 0 Å². The molecule has 0 saturated heterocycles. The van der Waals surface area contributed by atoms with Crippen LogP contribution in [0.5, 0.6) is 0 Å². The van der Waals surface area contributed by atoms with Gasteiger partial charge in [-0.05, 0) is 92.3 Å². The van der Waals surface area contributed by atoms with Crippen LogP contribution in [0.1, 0.15) is 175 Å². The molecule has 0 aromatic heterocycles. The van der Waals surface area contributed by atoms with E-state index in [0.717, 1.165) is 42.9 Å². The highest BCUT2D eigenvalue weighted by Crippen LogP contribution is 2.66. The summed E-state index contributed by atoms with van der Waals surface area (Å²) >= 11 is 0. The molecule has 0 bridgehead atoms. The van der Waals surface area contributed by atoms with E-state index in [2.05, 4.69) is 33.8 Å². The number of carbonyl (C=O) groups is 1. The van der Waals surface area contributed by atoms with Crippen LogP contribution in [0.25, 0.3) is 0 Å². The molecule has 3 fully saturated rings. The zero-order valence-corrected chi connectivity index (χ0v) is 26.5. The minimum absolute atomic E-state index is 0.0576. The summed E-state index contributed by atoms with van der Waals surface area (Å²) in [5, 5.41) is 0. The first-order chi connectivity index (χ1) is 18.9. The van der Waals surface area contributed by atoms with Crippen LogP contribution in [0.3, 0.4) is 0 Å². The molecule has 2 nitrogen and oxygen atoms in total. The van der Waals surface area contributed by atoms with E-state index in [9.17, 15) is 4.79 Å². The van der Waals surface area contributed by atoms with E-state index >= 15 is 0 Å². The Labute approximate surface area is 242 Å². The maximum Gasteiger partial charge on any atom is 0.306 e. The van der Waals surface area contributed by atoms with Gasteiger partial charge in [-0.1, -0.05) is 116 Å². The molecule has 2 heteroatoms. The summed E-state index contributed by atoms with van der Waals surface area (Å²) in [5.41, 5.74) is 2.59. The van der Waals surface area contributed by atoms with Crippen molar-refractivity contribution in [2.75, 3.05) is 0 Å². The minimum atomic E-state index is 0.0576. The van der Waals surface area contributed by atoms with Gasteiger partial charge in [-0.2, -0.15) is 0 Å². The van der Waals surface area contributed by atoms with Gasteiger partial charge in [-0.15, -0.1) is 0 Å². The summed E-state index contributed by atoms with van der Waals surface area (Å²) in [5.74, 6) is 3.71. The zero-order chi connectivity index (χ0) is 27.7. The van der Waals surface area contributed by atoms with E-state index in [-0.39, 0.29) is 12.1 Å². The normalized spacial score (nSPS) is 35.6. The second-order valence-electron chi connectivity index (χ2n) is 14.9. The Morgan fingerprint density at radius 1 is 0.795 bits per heavy atom. The summed E-state index contributed by atoms with van der Waals surface area (Å²) in [6, 6.07) is 0. The summed E-state index contributed by atoms with van der Waals surface area (Å²) in [6.07, 6.45) is 32.7. The SMILES string of the molecule is CCCCCCCCCC(=O)O[C@H]1CC[C@@]2(C)C(=CC[C@H]3[C@H]4CC[C@H](CCCCCCCC)[C@@]4(C)CC[C@H]32)C1. The second kappa shape index (κ2) is 14.9. The number of hydrogen-bond donors (Lipinski definition) is 0. The first kappa shape index (κ1) is 31.2. The third-order valence-electron chi connectivity index (χ3n) is 12.4. The maximum absolute atomic E-state index is 12.6. The van der Waals surface area contributed by atoms with E-state index in [1.807, 2.05) is 0 Å². The van der Waals surface area contributed by atoms with Gasteiger partial charge in [0.25, 0.3) is 0 Å². The van der Waals surface area contributed by atoms with Crippen molar-refractivity contribution in [1.82, 2.24) is 0 Å². The molecule has 7 atom stereocenters. The molecule has 0 amide bonds. The van der Waals surface area contributed by atoms with Crippen LogP contribution in [0.4, 0.5) is 0 Å². The van der Waals surface area contributed by atoms with Crippen molar-refractivity contribution in [2.45, 2.75) is 181 Å². The van der Waals surface area contributed by atoms with Gasteiger partial charge in [-0.25, -0.2) is 0 Å². The quantitative estimate of drug-likeness (QED) is 0.110. The molecular formula is C37H64O2. The van der Waals surface area contributed by atoms with Crippen molar-refractivity contribution in [3.63, 3.8) is 0 Å². The topological polar surface area (TPSA) is 26.3 Å². The number of ether oxygens (including phenoxy) is 1. The van der Waals surface area contributed by atoms with Gasteiger partial charge >= 0.3 is 5.97 Å². The molecule has 4 rings (SSSR count). The highest BCUT2D eigenvalue weighted by Gasteiger charge is 2.58. The van der Waals surface area contributed by atoms with Crippen LogP contribution >= 0.6 is 0 Å². The Balaban J connectivity index is 1.24. The fraction of sp³-hybridized carbons (Fsp3) is 0.919. The molecular weight excluding hydrogens is 476 g/mol. The minimum Gasteiger partial charge on any atom is -0.462 e. The van der Waals surface area contributed by atoms with Gasteiger partial charge in [0, 0.05) is 12.8 Å². The smallest absolute Gasteiger partial charge is 0.306 e. The number of rotatable bonds is 16. The largest absolute Gasteiger partial charge is 0.462 e. The van der Waals surface area contributed by atoms with E-state index in [1.54, 1.807) is 5.57 Å². The van der Waals surface area contributed by atoms with E-state index < -0.39 is 0 Å². The molecule has 0 aromatic carbocycles. The highest BCUT2D eigenvalue weighted by molar-refractivity contribution is 5.69. The third-order valence-corrected chi connectivity index (χ3v) is 12.4. The van der Waals surface area contributed by atoms with Crippen LogP contribution in [-0.4, -0.2) is 12.1 Å². The molecule has 3 saturated carbocycles. The van der Waals surface area contributed by atoms with Crippen LogP contribution in [0.2, 0.25) is 0 Å². The zero-order valence-electron chi connectivity index (χ0n) is 26.5. The lowest BCUT2D eigenvalue weighted by molar-refractivity contribution is -0.151. The summed E-state index contributed by atoms with van der Waals surface area (Å²) < 4.78 is 6.05. The van der Waals surface area contributed by atoms with Gasteiger partial charge in [0.1, 0.15) is 6.10 Å². The summed E-state index contributed by atoms with van der Waals surface area (Å²) in [7, 11) is 0. The first-order valence-corrected chi connectivity index (χ1v) is 17.8. The molecule has 4 aliphatic rings. The molecule has 0 N–H and O–H groups in total. The molecule has 0 radical (unpaired) electrons. The van der Waals surface area contributed by atoms with Crippen molar-refractivity contribution >= 4 is 5.97 Å². The van der Waals surface area contributed by atoms with Crippen LogP contribution in [-0.2, 0) is 9.53 Å². The molecule has 0 aromatic rings. The number of fused-ring (bicyclic) bond motifs is 5. The van der Waals surface area contributed by atoms with Crippen LogP contribution in [0, 0.1) is 34.5 Å². The van der Waals surface area contributed by atoms with Crippen molar-refractivity contribution in [3.05, 3.63) is 11.6 Å². The Bertz CT molecular complexity index is 784. The molecule has 0 aliphatic heterocycles. The lowest BCUT2D eigenvalue weighted by atomic mass is 9.47. The Hall–Kier alpha value is -0.790. The number of esters is 1. The van der Waals surface area contributed by atoms with Gasteiger partial charge in [0.2, 0.25) is 0 Å². The lowest BCUT2D eigenvalue weighted by Gasteiger charge is -2.58. The average Bonchev–Trinajstić information content (AvgIpc) is 3.26. The predicted molar refractivity (Wildman–Crippen MR) is 166 cm³/mol. The predicted octanol–water partition coefficient (Wildman–Crippen LogP) is 11.4. The highest BCUT2D eigenvalue weighted by atomic mass is 16.5. The first-order valence-electron chi connectivity index (χ1n) is 17.8. The molecule has 0 unspecified atom stereocenters. The Morgan fingerprint density at radius 3 is 2.18 bits per heavy atom. The van der Waals surface area contributed by atoms with Gasteiger partial charge < -0.3 is 4.74 Å². The van der Waals surface area contributed by atoms with E-state index in [4.69, 9.17) is 4.74 Å². The van der Waals surface area contributed by atoms with Crippen LogP contribution in [0.15, 0.2) is 11.6 Å². The van der Waals surface area contributed by atoms with Crippen molar-refractivity contribution < 1.29 is 9.53 Å². The fourth-order valence-corrected chi connectivity index (χ4v) is 9.95.